The summed E-state index contributed by atoms with van der Waals surface area (Å²) in [5, 5.41) is 3.81. The maximum Gasteiger partial charge on any atom is 0.225 e. The van der Waals surface area contributed by atoms with E-state index in [2.05, 4.69) is 20.2 Å². The van der Waals surface area contributed by atoms with Crippen LogP contribution in [0.3, 0.4) is 0 Å². The Bertz CT molecular complexity index is 785. The van der Waals surface area contributed by atoms with E-state index in [1.165, 1.54) is 0 Å². The van der Waals surface area contributed by atoms with Crippen molar-refractivity contribution in [1.82, 2.24) is 14.9 Å². The average molecular weight is 443 g/mol. The predicted octanol–water partition coefficient (Wildman–Crippen LogP) is 4.80. The number of likely N-dealkylation sites (tertiary alicyclic amines) is 1. The van der Waals surface area contributed by atoms with Crippen LogP contribution in [0.5, 0.6) is 11.5 Å². The summed E-state index contributed by atoms with van der Waals surface area (Å²) < 4.78 is 25.3. The number of aromatic nitrogens is 2. The van der Waals surface area contributed by atoms with Crippen molar-refractivity contribution in [1.29, 1.82) is 0 Å². The van der Waals surface area contributed by atoms with Crippen LogP contribution in [-0.4, -0.2) is 47.2 Å². The van der Waals surface area contributed by atoms with E-state index < -0.39 is 5.82 Å². The van der Waals surface area contributed by atoms with Crippen LogP contribution in [0.15, 0.2) is 18.2 Å². The Morgan fingerprint density at radius 2 is 1.69 bits per heavy atom. The topological polar surface area (TPSA) is 59.5 Å². The van der Waals surface area contributed by atoms with Gasteiger partial charge in [-0.1, -0.05) is 11.6 Å². The minimum atomic E-state index is -0.442. The maximum absolute atomic E-state index is 14.4. The lowest BCUT2D eigenvalue weighted by atomic mass is 10.0. The highest BCUT2D eigenvalue weighted by Crippen LogP contribution is 2.30. The number of hydrogen-bond acceptors (Lipinski definition) is 6. The highest BCUT2D eigenvalue weighted by molar-refractivity contribution is 6.32. The van der Waals surface area contributed by atoms with Gasteiger partial charge in [-0.3, -0.25) is 4.90 Å². The molecular weight excluding hydrogens is 418 g/mol. The molecule has 1 N–H and O–H groups in total. The number of anilines is 1. The van der Waals surface area contributed by atoms with Crippen molar-refractivity contribution in [2.45, 2.75) is 39.3 Å². The average Bonchev–Trinajstić information content (AvgIpc) is 2.66. The summed E-state index contributed by atoms with van der Waals surface area (Å²) in [4.78, 5) is 10.3. The van der Waals surface area contributed by atoms with E-state index in [1.807, 2.05) is 13.8 Å². The number of benzene rings is 1. The first-order chi connectivity index (χ1) is 14.0. The van der Waals surface area contributed by atoms with Crippen molar-refractivity contribution >= 4 is 29.0 Å². The van der Waals surface area contributed by atoms with E-state index in [-0.39, 0.29) is 22.8 Å². The van der Waals surface area contributed by atoms with E-state index in [0.29, 0.717) is 30.7 Å². The van der Waals surface area contributed by atoms with Gasteiger partial charge in [0.05, 0.1) is 13.2 Å². The smallest absolute Gasteiger partial charge is 0.225 e. The van der Waals surface area contributed by atoms with Crippen LogP contribution in [0, 0.1) is 5.82 Å². The van der Waals surface area contributed by atoms with Gasteiger partial charge in [0.2, 0.25) is 11.1 Å². The Morgan fingerprint density at radius 1 is 1.07 bits per heavy atom. The van der Waals surface area contributed by atoms with Crippen molar-refractivity contribution in [3.63, 3.8) is 0 Å². The zero-order valence-corrected chi connectivity index (χ0v) is 18.1. The molecule has 6 nitrogen and oxygen atoms in total. The summed E-state index contributed by atoms with van der Waals surface area (Å²) in [6.07, 6.45) is 1.88. The van der Waals surface area contributed by atoms with E-state index in [0.717, 1.165) is 31.5 Å². The molecule has 1 aromatic carbocycles. The third-order valence-corrected chi connectivity index (χ3v) is 5.04. The Labute approximate surface area is 180 Å². The molecule has 0 aliphatic carbocycles. The first-order valence-electron chi connectivity index (χ1n) is 9.75. The van der Waals surface area contributed by atoms with Gasteiger partial charge in [-0.25, -0.2) is 9.97 Å². The molecule has 158 valence electrons. The van der Waals surface area contributed by atoms with Gasteiger partial charge in [0.15, 0.2) is 11.5 Å². The minimum absolute atomic E-state index is 0.129. The normalized spacial score (nSPS) is 15.3. The van der Waals surface area contributed by atoms with Gasteiger partial charge in [-0.15, -0.1) is 0 Å². The second-order valence-electron chi connectivity index (χ2n) is 6.81. The van der Waals surface area contributed by atoms with Crippen LogP contribution in [0.1, 0.15) is 32.3 Å². The van der Waals surface area contributed by atoms with Crippen LogP contribution in [0.4, 0.5) is 10.2 Å². The lowest BCUT2D eigenvalue weighted by molar-refractivity contribution is 0.210. The molecule has 3 rings (SSSR count). The first kappa shape index (κ1) is 21.9. The molecule has 1 aliphatic heterocycles. The molecule has 0 unspecified atom stereocenters. The van der Waals surface area contributed by atoms with E-state index >= 15 is 0 Å². The monoisotopic (exact) mass is 442 g/mol. The zero-order valence-electron chi connectivity index (χ0n) is 16.6. The number of piperidine rings is 1. The second-order valence-corrected chi connectivity index (χ2v) is 7.54. The second kappa shape index (κ2) is 10.3. The number of halogens is 3. The van der Waals surface area contributed by atoms with Crippen molar-refractivity contribution in [3.8, 4) is 11.5 Å². The fraction of sp³-hybridized carbons (Fsp3) is 0.500. The van der Waals surface area contributed by atoms with E-state index in [4.69, 9.17) is 32.7 Å². The van der Waals surface area contributed by atoms with Gasteiger partial charge < -0.3 is 14.8 Å². The molecule has 1 aromatic heterocycles. The van der Waals surface area contributed by atoms with Crippen LogP contribution in [0.2, 0.25) is 10.4 Å². The molecule has 9 heteroatoms. The number of ether oxygens (including phenoxy) is 2. The number of hydrogen-bond donors (Lipinski definition) is 1. The molecule has 2 heterocycles. The predicted molar refractivity (Wildman–Crippen MR) is 113 cm³/mol. The van der Waals surface area contributed by atoms with E-state index in [1.54, 1.807) is 18.2 Å². The van der Waals surface area contributed by atoms with Gasteiger partial charge in [-0.05, 0) is 56.0 Å². The Kier molecular flexibility index (Phi) is 7.75. The third-order valence-electron chi connectivity index (χ3n) is 4.68. The zero-order chi connectivity index (χ0) is 20.8. The highest BCUT2D eigenvalue weighted by Gasteiger charge is 2.21. The van der Waals surface area contributed by atoms with Crippen molar-refractivity contribution in [2.24, 2.45) is 0 Å². The quantitative estimate of drug-likeness (QED) is 0.468. The standard InChI is InChI=1S/C20H25Cl2FN4O2/c1-3-28-15-9-13(10-16(19(15)23)29-4-2)12-27-7-5-14(6-8-27)24-18-11-17(21)25-20(22)26-18/h9-11,14H,3-8,12H2,1-2H3,(H,24,25,26). The maximum atomic E-state index is 14.4. The Balaban J connectivity index is 1.60. The molecule has 1 fully saturated rings. The molecule has 0 amide bonds. The SMILES string of the molecule is CCOc1cc(CN2CCC(Nc3cc(Cl)nc(Cl)n3)CC2)cc(OCC)c1F. The molecular formula is C20H25Cl2FN4O2. The van der Waals surface area contributed by atoms with Crippen LogP contribution < -0.4 is 14.8 Å². The summed E-state index contributed by atoms with van der Waals surface area (Å²) >= 11 is 11.8. The first-order valence-corrected chi connectivity index (χ1v) is 10.5. The summed E-state index contributed by atoms with van der Waals surface area (Å²) in [5.41, 5.74) is 0.971. The Morgan fingerprint density at radius 3 is 2.24 bits per heavy atom. The van der Waals surface area contributed by atoms with E-state index in [9.17, 15) is 4.39 Å². The Hall–Kier alpha value is -1.83. The molecule has 0 saturated carbocycles. The van der Waals surface area contributed by atoms with Crippen molar-refractivity contribution in [3.05, 3.63) is 40.0 Å². The lowest BCUT2D eigenvalue weighted by Gasteiger charge is -2.32. The largest absolute Gasteiger partial charge is 0.491 e. The molecule has 0 spiro atoms. The molecule has 0 radical (unpaired) electrons. The van der Waals surface area contributed by atoms with Crippen LogP contribution >= 0.6 is 23.2 Å². The molecule has 2 aromatic rings. The molecule has 1 aliphatic rings. The van der Waals surface area contributed by atoms with Crippen molar-refractivity contribution < 1.29 is 13.9 Å². The van der Waals surface area contributed by atoms with Gasteiger partial charge in [-0.2, -0.15) is 4.39 Å². The number of rotatable bonds is 8. The highest BCUT2D eigenvalue weighted by atomic mass is 35.5. The summed E-state index contributed by atoms with van der Waals surface area (Å²) in [6.45, 7) is 6.98. The minimum Gasteiger partial charge on any atom is -0.491 e. The van der Waals surface area contributed by atoms with Crippen molar-refractivity contribution in [2.75, 3.05) is 31.6 Å². The summed E-state index contributed by atoms with van der Waals surface area (Å²) in [6, 6.07) is 5.47. The summed E-state index contributed by atoms with van der Waals surface area (Å²) in [5.74, 6) is 0.669. The third kappa shape index (κ3) is 6.07. The molecule has 0 atom stereocenters. The molecule has 0 bridgehead atoms. The van der Waals surface area contributed by atoms with Crippen LogP contribution in [0.25, 0.3) is 0 Å². The number of nitrogens with zero attached hydrogens (tertiary/aromatic N) is 3. The van der Waals surface area contributed by atoms with Gasteiger partial charge >= 0.3 is 0 Å². The van der Waals surface area contributed by atoms with Crippen LogP contribution in [-0.2, 0) is 6.54 Å². The fourth-order valence-electron chi connectivity index (χ4n) is 3.41. The number of nitrogens with one attached hydrogen (secondary N) is 1. The van der Waals surface area contributed by atoms with Gasteiger partial charge in [0.25, 0.3) is 0 Å². The van der Waals surface area contributed by atoms with Gasteiger partial charge in [0.1, 0.15) is 11.0 Å². The lowest BCUT2D eigenvalue weighted by Crippen LogP contribution is -2.38. The van der Waals surface area contributed by atoms with Gasteiger partial charge in [0, 0.05) is 31.7 Å². The molecule has 29 heavy (non-hydrogen) atoms. The summed E-state index contributed by atoms with van der Waals surface area (Å²) in [7, 11) is 0. The fourth-order valence-corrected chi connectivity index (χ4v) is 3.81. The molecule has 1 saturated heterocycles.